The molecule has 3 aromatic rings. The first-order valence-electron chi connectivity index (χ1n) is 8.86. The van der Waals surface area contributed by atoms with Crippen molar-refractivity contribution in [2.45, 2.75) is 38.7 Å². The van der Waals surface area contributed by atoms with Gasteiger partial charge in [-0.2, -0.15) is 31.4 Å². The molecule has 0 aliphatic rings. The largest absolute Gasteiger partial charge is 0.419 e. The van der Waals surface area contributed by atoms with Crippen molar-refractivity contribution in [3.05, 3.63) is 61.7 Å². The van der Waals surface area contributed by atoms with E-state index >= 15 is 0 Å². The highest BCUT2D eigenvalue weighted by Gasteiger charge is 2.36. The fourth-order valence-electron chi connectivity index (χ4n) is 3.41. The minimum absolute atomic E-state index is 0.0374. The lowest BCUT2D eigenvalue weighted by atomic mass is 9.95. The average Bonchev–Trinajstić information content (AvgIpc) is 2.89. The summed E-state index contributed by atoms with van der Waals surface area (Å²) in [5, 5.41) is 3.32. The maximum atomic E-state index is 14.1. The van der Waals surface area contributed by atoms with Crippen LogP contribution in [0.2, 0.25) is 0 Å². The van der Waals surface area contributed by atoms with E-state index in [1.165, 1.54) is 0 Å². The molecule has 168 valence electrons. The Morgan fingerprint density at radius 2 is 1.71 bits per heavy atom. The maximum absolute atomic E-state index is 14.1. The van der Waals surface area contributed by atoms with E-state index < -0.39 is 64.4 Å². The Bertz CT molecular complexity index is 1230. The third-order valence-corrected chi connectivity index (χ3v) is 4.57. The summed E-state index contributed by atoms with van der Waals surface area (Å²) in [5.41, 5.74) is -4.70. The predicted molar refractivity (Wildman–Crippen MR) is 95.1 cm³/mol. The number of H-pyrrole nitrogens is 2. The maximum Gasteiger partial charge on any atom is 0.419 e. The van der Waals surface area contributed by atoms with Crippen LogP contribution in [0.25, 0.3) is 11.0 Å². The summed E-state index contributed by atoms with van der Waals surface area (Å²) in [6, 6.07) is 1.01. The number of hydrogen-bond acceptors (Lipinski definition) is 3. The molecule has 0 aliphatic carbocycles. The zero-order valence-corrected chi connectivity index (χ0v) is 16.0. The van der Waals surface area contributed by atoms with Gasteiger partial charge in [0.05, 0.1) is 23.7 Å². The van der Waals surface area contributed by atoms with E-state index in [-0.39, 0.29) is 11.2 Å². The molecule has 1 aromatic carbocycles. The molecule has 2 heterocycles. The molecule has 3 rings (SSSR count). The molecular formula is C18H15F7N4O2. The molecular weight excluding hydrogens is 437 g/mol. The number of benzene rings is 1. The molecule has 31 heavy (non-hydrogen) atoms. The fraction of sp³-hybridized carbons (Fsp3) is 0.389. The van der Waals surface area contributed by atoms with Crippen LogP contribution >= 0.6 is 0 Å². The number of alkyl halides is 6. The summed E-state index contributed by atoms with van der Waals surface area (Å²) in [4.78, 5) is 27.9. The highest BCUT2D eigenvalue weighted by atomic mass is 19.4. The third kappa shape index (κ3) is 4.49. The van der Waals surface area contributed by atoms with Gasteiger partial charge in [0, 0.05) is 0 Å². The van der Waals surface area contributed by atoms with Gasteiger partial charge in [0.15, 0.2) is 0 Å². The van der Waals surface area contributed by atoms with E-state index in [1.807, 2.05) is 4.98 Å². The SMILES string of the molecule is CC(C)[C@H](c1ccc(C(F)(F)F)c(F)c1)n1nc(CC(F)(F)F)c2c(=O)[nH]c(=O)[nH]c21. The minimum atomic E-state index is -4.94. The molecule has 13 heteroatoms. The molecule has 0 aliphatic heterocycles. The number of aromatic amines is 2. The van der Waals surface area contributed by atoms with Crippen LogP contribution in [0.5, 0.6) is 0 Å². The molecule has 2 aromatic heterocycles. The van der Waals surface area contributed by atoms with Crippen LogP contribution in [-0.4, -0.2) is 25.9 Å². The number of nitrogens with zero attached hydrogens (tertiary/aromatic N) is 2. The monoisotopic (exact) mass is 452 g/mol. The van der Waals surface area contributed by atoms with Gasteiger partial charge in [0.2, 0.25) is 0 Å². The normalized spacial score (nSPS) is 13.9. The smallest absolute Gasteiger partial charge is 0.292 e. The average molecular weight is 452 g/mol. The summed E-state index contributed by atoms with van der Waals surface area (Å²) in [5.74, 6) is -2.10. The second-order valence-electron chi connectivity index (χ2n) is 7.24. The molecule has 2 N–H and O–H groups in total. The molecule has 0 fully saturated rings. The van der Waals surface area contributed by atoms with Gasteiger partial charge in [-0.05, 0) is 23.6 Å². The Kier molecular flexibility index (Phi) is 5.48. The van der Waals surface area contributed by atoms with Crippen molar-refractivity contribution >= 4 is 11.0 Å². The Labute approximate surface area is 168 Å². The Hall–Kier alpha value is -3.12. The van der Waals surface area contributed by atoms with Gasteiger partial charge in [-0.3, -0.25) is 14.8 Å². The first-order valence-corrected chi connectivity index (χ1v) is 8.86. The van der Waals surface area contributed by atoms with Gasteiger partial charge in [-0.15, -0.1) is 0 Å². The van der Waals surface area contributed by atoms with Gasteiger partial charge in [0.25, 0.3) is 5.56 Å². The van der Waals surface area contributed by atoms with Gasteiger partial charge in [-0.25, -0.2) is 13.9 Å². The molecule has 0 radical (unpaired) electrons. The first-order chi connectivity index (χ1) is 14.2. The molecule has 0 unspecified atom stereocenters. The van der Waals surface area contributed by atoms with Crippen LogP contribution in [0.1, 0.15) is 36.7 Å². The van der Waals surface area contributed by atoms with Crippen molar-refractivity contribution in [3.8, 4) is 0 Å². The van der Waals surface area contributed by atoms with Crippen LogP contribution < -0.4 is 11.2 Å². The predicted octanol–water partition coefficient (Wildman–Crippen LogP) is 3.92. The van der Waals surface area contributed by atoms with Gasteiger partial charge in [0.1, 0.15) is 16.9 Å². The van der Waals surface area contributed by atoms with Gasteiger partial charge >= 0.3 is 18.0 Å². The van der Waals surface area contributed by atoms with Gasteiger partial charge < -0.3 is 0 Å². The summed E-state index contributed by atoms with van der Waals surface area (Å²) < 4.78 is 92.7. The van der Waals surface area contributed by atoms with Crippen LogP contribution in [-0.2, 0) is 12.6 Å². The van der Waals surface area contributed by atoms with Crippen LogP contribution in [0.15, 0.2) is 27.8 Å². The topological polar surface area (TPSA) is 83.5 Å². The lowest BCUT2D eigenvalue weighted by Gasteiger charge is -2.23. The zero-order valence-electron chi connectivity index (χ0n) is 16.0. The third-order valence-electron chi connectivity index (χ3n) is 4.57. The quantitative estimate of drug-likeness (QED) is 0.589. The number of fused-ring (bicyclic) bond motifs is 1. The lowest BCUT2D eigenvalue weighted by Crippen LogP contribution is -2.25. The fourth-order valence-corrected chi connectivity index (χ4v) is 3.41. The van der Waals surface area contributed by atoms with Crippen LogP contribution in [0, 0.1) is 11.7 Å². The molecule has 1 atom stereocenters. The number of halogens is 7. The minimum Gasteiger partial charge on any atom is -0.292 e. The summed E-state index contributed by atoms with van der Waals surface area (Å²) in [6.45, 7) is 3.14. The number of hydrogen-bond donors (Lipinski definition) is 2. The Morgan fingerprint density at radius 3 is 2.23 bits per heavy atom. The van der Waals surface area contributed by atoms with Crippen LogP contribution in [0.3, 0.4) is 0 Å². The van der Waals surface area contributed by atoms with Crippen molar-refractivity contribution in [3.63, 3.8) is 0 Å². The second kappa shape index (κ2) is 7.54. The number of aromatic nitrogens is 4. The Balaban J connectivity index is 2.28. The van der Waals surface area contributed by atoms with E-state index in [1.54, 1.807) is 13.8 Å². The molecule has 0 saturated heterocycles. The molecule has 0 bridgehead atoms. The summed E-state index contributed by atoms with van der Waals surface area (Å²) in [7, 11) is 0. The van der Waals surface area contributed by atoms with Gasteiger partial charge in [-0.1, -0.05) is 19.9 Å². The molecule has 0 saturated carbocycles. The second-order valence-corrected chi connectivity index (χ2v) is 7.24. The molecule has 0 spiro atoms. The van der Waals surface area contributed by atoms with E-state index in [0.29, 0.717) is 12.1 Å². The van der Waals surface area contributed by atoms with Crippen molar-refractivity contribution in [2.24, 2.45) is 5.92 Å². The van der Waals surface area contributed by atoms with Crippen molar-refractivity contribution in [2.75, 3.05) is 0 Å². The zero-order chi connectivity index (χ0) is 23.3. The number of rotatable bonds is 4. The lowest BCUT2D eigenvalue weighted by molar-refractivity contribution is -0.140. The van der Waals surface area contributed by atoms with Crippen molar-refractivity contribution in [1.29, 1.82) is 0 Å². The van der Waals surface area contributed by atoms with E-state index in [4.69, 9.17) is 0 Å². The van der Waals surface area contributed by atoms with Crippen molar-refractivity contribution in [1.82, 2.24) is 19.7 Å². The highest BCUT2D eigenvalue weighted by molar-refractivity contribution is 5.77. The highest BCUT2D eigenvalue weighted by Crippen LogP contribution is 2.35. The summed E-state index contributed by atoms with van der Waals surface area (Å²) >= 11 is 0. The first kappa shape index (κ1) is 22.6. The van der Waals surface area contributed by atoms with E-state index in [0.717, 1.165) is 10.7 Å². The summed E-state index contributed by atoms with van der Waals surface area (Å²) in [6.07, 6.45) is -11.3. The molecule has 6 nitrogen and oxygen atoms in total. The van der Waals surface area contributed by atoms with E-state index in [2.05, 4.69) is 10.1 Å². The Morgan fingerprint density at radius 1 is 1.06 bits per heavy atom. The van der Waals surface area contributed by atoms with Crippen LogP contribution in [0.4, 0.5) is 30.7 Å². The van der Waals surface area contributed by atoms with Crippen molar-refractivity contribution < 1.29 is 30.7 Å². The number of nitrogens with one attached hydrogen (secondary N) is 2. The standard InChI is InChI=1S/C18H15F7N4O2/c1-7(2)13(8-3-4-9(10(19)5-8)18(23,24)25)29-14-12(15(30)27-16(31)26-14)11(28-29)6-17(20,21)22/h3-5,7,13H,6H2,1-2H3,(H2,26,27,30,31)/t13-/m1/s1. The molecule has 0 amide bonds. The van der Waals surface area contributed by atoms with E-state index in [9.17, 15) is 40.3 Å².